The van der Waals surface area contributed by atoms with E-state index in [-0.39, 0.29) is 11.9 Å². The van der Waals surface area contributed by atoms with Crippen LogP contribution in [0.15, 0.2) is 36.5 Å². The first kappa shape index (κ1) is 17.1. The third kappa shape index (κ3) is 4.04. The molecule has 7 heteroatoms. The summed E-state index contributed by atoms with van der Waals surface area (Å²) in [6, 6.07) is 7.14. The van der Waals surface area contributed by atoms with Crippen molar-refractivity contribution in [2.24, 2.45) is 5.92 Å². The fraction of sp³-hybridized carbons (Fsp3) is 0.333. The number of aromatic nitrogens is 1. The number of ether oxygens (including phenoxy) is 1. The number of likely N-dealkylation sites (tertiary alicyclic amines) is 1. The topological polar surface area (TPSA) is 54.5 Å². The normalized spacial score (nSPS) is 14.1. The van der Waals surface area contributed by atoms with Crippen molar-refractivity contribution in [1.82, 2.24) is 9.88 Å². The monoisotopic (exact) mass is 347 g/mol. The number of pyridine rings is 1. The second kappa shape index (κ2) is 7.46. The van der Waals surface area contributed by atoms with Crippen LogP contribution in [-0.4, -0.2) is 35.6 Å². The van der Waals surface area contributed by atoms with Gasteiger partial charge in [-0.1, -0.05) is 6.07 Å². The quantitative estimate of drug-likeness (QED) is 0.901. The van der Waals surface area contributed by atoms with Gasteiger partial charge in [0, 0.05) is 19.3 Å². The summed E-state index contributed by atoms with van der Waals surface area (Å²) in [7, 11) is 0. The van der Waals surface area contributed by atoms with Crippen LogP contribution in [0.1, 0.15) is 12.5 Å². The minimum Gasteiger partial charge on any atom is -0.476 e. The lowest BCUT2D eigenvalue weighted by Gasteiger charge is -2.39. The fourth-order valence-corrected chi connectivity index (χ4v) is 2.80. The van der Waals surface area contributed by atoms with Gasteiger partial charge in [-0.3, -0.25) is 0 Å². The number of nitrogens with zero attached hydrogens (tertiary/aromatic N) is 2. The van der Waals surface area contributed by atoms with Gasteiger partial charge in [-0.25, -0.2) is 18.6 Å². The number of carbonyl (C=O) groups excluding carboxylic acids is 1. The Hall–Kier alpha value is -2.70. The van der Waals surface area contributed by atoms with Gasteiger partial charge in [-0.2, -0.15) is 0 Å². The fourth-order valence-electron chi connectivity index (χ4n) is 2.80. The minimum absolute atomic E-state index is 0.226. The molecule has 0 bridgehead atoms. The van der Waals surface area contributed by atoms with Crippen LogP contribution in [0.25, 0.3) is 0 Å². The van der Waals surface area contributed by atoms with E-state index in [9.17, 15) is 13.6 Å². The first-order valence-electron chi connectivity index (χ1n) is 8.14. The van der Waals surface area contributed by atoms with Crippen LogP contribution in [0.5, 0.6) is 5.88 Å². The third-order valence-corrected chi connectivity index (χ3v) is 4.05. The van der Waals surface area contributed by atoms with E-state index in [2.05, 4.69) is 10.3 Å². The van der Waals surface area contributed by atoms with Crippen molar-refractivity contribution in [3.63, 3.8) is 0 Å². The zero-order valence-corrected chi connectivity index (χ0v) is 13.8. The lowest BCUT2D eigenvalue weighted by atomic mass is 9.92. The van der Waals surface area contributed by atoms with Crippen molar-refractivity contribution >= 4 is 11.7 Å². The van der Waals surface area contributed by atoms with Gasteiger partial charge < -0.3 is 15.0 Å². The number of rotatable bonds is 5. The standard InChI is InChI=1S/C18H19F2N3O2/c1-2-25-17-16(4-3-7-21-17)22-18(24)23-10-13(11-23)8-12-5-6-14(19)15(20)9-12/h3-7,9,13H,2,8,10-11H2,1H3,(H,22,24). The lowest BCUT2D eigenvalue weighted by molar-refractivity contribution is 0.131. The molecule has 1 aliphatic heterocycles. The van der Waals surface area contributed by atoms with E-state index in [1.54, 1.807) is 29.3 Å². The van der Waals surface area contributed by atoms with Crippen LogP contribution < -0.4 is 10.1 Å². The van der Waals surface area contributed by atoms with Crippen LogP contribution in [0, 0.1) is 17.6 Å². The molecule has 25 heavy (non-hydrogen) atoms. The first-order chi connectivity index (χ1) is 12.1. The largest absolute Gasteiger partial charge is 0.476 e. The molecule has 1 aromatic heterocycles. The van der Waals surface area contributed by atoms with E-state index in [1.807, 2.05) is 6.92 Å². The Balaban J connectivity index is 1.52. The van der Waals surface area contributed by atoms with Gasteiger partial charge in [0.05, 0.1) is 6.61 Å². The summed E-state index contributed by atoms with van der Waals surface area (Å²) >= 11 is 0. The Morgan fingerprint density at radius 1 is 1.32 bits per heavy atom. The minimum atomic E-state index is -0.847. The molecule has 5 nitrogen and oxygen atoms in total. The summed E-state index contributed by atoms with van der Waals surface area (Å²) in [4.78, 5) is 18.0. The molecule has 1 saturated heterocycles. The number of hydrogen-bond acceptors (Lipinski definition) is 3. The van der Waals surface area contributed by atoms with E-state index in [0.717, 1.165) is 11.6 Å². The van der Waals surface area contributed by atoms with Crippen molar-refractivity contribution in [3.8, 4) is 5.88 Å². The average Bonchev–Trinajstić information content (AvgIpc) is 2.55. The molecule has 1 aromatic carbocycles. The Morgan fingerprint density at radius 3 is 2.84 bits per heavy atom. The van der Waals surface area contributed by atoms with Crippen molar-refractivity contribution in [2.45, 2.75) is 13.3 Å². The summed E-state index contributed by atoms with van der Waals surface area (Å²) in [5, 5.41) is 2.79. The van der Waals surface area contributed by atoms with Crippen LogP contribution in [0.2, 0.25) is 0 Å². The van der Waals surface area contributed by atoms with Gasteiger partial charge in [-0.15, -0.1) is 0 Å². The third-order valence-electron chi connectivity index (χ3n) is 4.05. The van der Waals surface area contributed by atoms with E-state index in [0.29, 0.717) is 37.7 Å². The first-order valence-corrected chi connectivity index (χ1v) is 8.14. The average molecular weight is 347 g/mol. The van der Waals surface area contributed by atoms with Crippen LogP contribution >= 0.6 is 0 Å². The molecule has 2 amide bonds. The SMILES string of the molecule is CCOc1ncccc1NC(=O)N1CC(Cc2ccc(F)c(F)c2)C1. The second-order valence-corrected chi connectivity index (χ2v) is 5.94. The highest BCUT2D eigenvalue weighted by Crippen LogP contribution is 2.25. The molecule has 0 unspecified atom stereocenters. The van der Waals surface area contributed by atoms with Crippen molar-refractivity contribution < 1.29 is 18.3 Å². The molecule has 2 aromatic rings. The number of anilines is 1. The predicted octanol–water partition coefficient (Wildman–Crippen LogP) is 3.46. The number of benzene rings is 1. The highest BCUT2D eigenvalue weighted by atomic mass is 19.2. The van der Waals surface area contributed by atoms with E-state index in [4.69, 9.17) is 4.74 Å². The number of urea groups is 1. The van der Waals surface area contributed by atoms with Crippen molar-refractivity contribution in [1.29, 1.82) is 0 Å². The Labute approximate surface area is 144 Å². The van der Waals surface area contributed by atoms with Gasteiger partial charge in [0.15, 0.2) is 11.6 Å². The summed E-state index contributed by atoms with van der Waals surface area (Å²) in [6.07, 6.45) is 2.21. The van der Waals surface area contributed by atoms with Gasteiger partial charge in [-0.05, 0) is 49.1 Å². The number of halogens is 2. The number of amides is 2. The highest BCUT2D eigenvalue weighted by molar-refractivity contribution is 5.91. The van der Waals surface area contributed by atoms with Gasteiger partial charge in [0.1, 0.15) is 5.69 Å². The molecular weight excluding hydrogens is 328 g/mol. The summed E-state index contributed by atoms with van der Waals surface area (Å²) in [6.45, 7) is 3.43. The molecule has 132 valence electrons. The highest BCUT2D eigenvalue weighted by Gasteiger charge is 2.31. The molecule has 3 rings (SSSR count). The molecule has 1 aliphatic rings. The molecule has 0 spiro atoms. The predicted molar refractivity (Wildman–Crippen MR) is 89.5 cm³/mol. The van der Waals surface area contributed by atoms with E-state index < -0.39 is 11.6 Å². The number of nitrogens with one attached hydrogen (secondary N) is 1. The molecule has 0 atom stereocenters. The second-order valence-electron chi connectivity index (χ2n) is 5.94. The van der Waals surface area contributed by atoms with E-state index >= 15 is 0 Å². The van der Waals surface area contributed by atoms with Crippen molar-refractivity contribution in [2.75, 3.05) is 25.0 Å². The molecule has 0 saturated carbocycles. The molecule has 1 fully saturated rings. The van der Waals surface area contributed by atoms with Gasteiger partial charge >= 0.3 is 6.03 Å². The molecule has 2 heterocycles. The van der Waals surface area contributed by atoms with E-state index in [1.165, 1.54) is 6.07 Å². The van der Waals surface area contributed by atoms with Crippen LogP contribution in [0.4, 0.5) is 19.3 Å². The lowest BCUT2D eigenvalue weighted by Crippen LogP contribution is -2.52. The summed E-state index contributed by atoms with van der Waals surface area (Å²) in [5.41, 5.74) is 1.26. The Bertz CT molecular complexity index is 764. The Kier molecular flexibility index (Phi) is 5.11. The zero-order valence-electron chi connectivity index (χ0n) is 13.8. The number of hydrogen-bond donors (Lipinski definition) is 1. The van der Waals surface area contributed by atoms with Crippen LogP contribution in [0.3, 0.4) is 0 Å². The molecule has 1 N–H and O–H groups in total. The summed E-state index contributed by atoms with van der Waals surface area (Å²) < 4.78 is 31.6. The smallest absolute Gasteiger partial charge is 0.322 e. The maximum absolute atomic E-state index is 13.2. The van der Waals surface area contributed by atoms with Gasteiger partial charge in [0.25, 0.3) is 0 Å². The molecular formula is C18H19F2N3O2. The van der Waals surface area contributed by atoms with Crippen LogP contribution in [-0.2, 0) is 6.42 Å². The zero-order chi connectivity index (χ0) is 17.8. The molecule has 0 aliphatic carbocycles. The van der Waals surface area contributed by atoms with Gasteiger partial charge in [0.2, 0.25) is 5.88 Å². The maximum atomic E-state index is 13.2. The Morgan fingerprint density at radius 2 is 2.12 bits per heavy atom. The summed E-state index contributed by atoms with van der Waals surface area (Å²) in [5.74, 6) is -1.07. The number of carbonyl (C=O) groups is 1. The van der Waals surface area contributed by atoms with Crippen molar-refractivity contribution in [3.05, 3.63) is 53.7 Å². The maximum Gasteiger partial charge on any atom is 0.322 e. The molecule has 0 radical (unpaired) electrons.